The molecule has 16 heavy (non-hydrogen) atoms. The van der Waals surface area contributed by atoms with Crippen LogP contribution in [-0.4, -0.2) is 28.9 Å². The molecule has 3 rings (SSSR count). The number of fused-ring (bicyclic) bond motifs is 1. The van der Waals surface area contributed by atoms with Gasteiger partial charge in [-0.2, -0.15) is 0 Å². The van der Waals surface area contributed by atoms with Crippen molar-refractivity contribution in [2.24, 2.45) is 0 Å². The topological polar surface area (TPSA) is 49.2 Å². The number of hydrogen-bond donors (Lipinski definition) is 1. The molecule has 2 aromatic rings. The van der Waals surface area contributed by atoms with Crippen molar-refractivity contribution >= 4 is 32.9 Å². The fourth-order valence-corrected chi connectivity index (χ4v) is 2.50. The number of carbonyl (C=O) groups excluding carboxylic acids is 1. The Balaban J connectivity index is 1.92. The van der Waals surface area contributed by atoms with Gasteiger partial charge in [0.25, 0.3) is 5.91 Å². The van der Waals surface area contributed by atoms with E-state index in [1.54, 1.807) is 6.07 Å². The fraction of sp³-hybridized carbons (Fsp3) is 0.364. The summed E-state index contributed by atoms with van der Waals surface area (Å²) in [5, 5.41) is 0. The summed E-state index contributed by atoms with van der Waals surface area (Å²) < 4.78 is 6.05. The van der Waals surface area contributed by atoms with Crippen molar-refractivity contribution in [2.75, 3.05) is 13.1 Å². The Hall–Kier alpha value is -1.23. The van der Waals surface area contributed by atoms with Crippen LogP contribution in [0.25, 0.3) is 11.1 Å². The van der Waals surface area contributed by atoms with E-state index in [9.17, 15) is 4.79 Å². The van der Waals surface area contributed by atoms with Crippen LogP contribution >= 0.6 is 15.9 Å². The Morgan fingerprint density at radius 2 is 2.12 bits per heavy atom. The number of hydrogen-bond acceptors (Lipinski definition) is 2. The summed E-state index contributed by atoms with van der Waals surface area (Å²) in [4.78, 5) is 17.0. The van der Waals surface area contributed by atoms with Gasteiger partial charge in [-0.05, 0) is 28.8 Å². The smallest absolute Gasteiger partial charge is 0.270 e. The standard InChI is InChI=1S/C11H11BrN2O2/c12-10-6-7-9(16-10)5-8(13-7)11(15)14-3-1-2-4-14/h5-6,13H,1-4H2. The van der Waals surface area contributed by atoms with E-state index in [0.717, 1.165) is 37.0 Å². The highest BCUT2D eigenvalue weighted by Gasteiger charge is 2.21. The Morgan fingerprint density at radius 1 is 1.38 bits per heavy atom. The Labute approximate surface area is 101 Å². The summed E-state index contributed by atoms with van der Waals surface area (Å²) in [5.41, 5.74) is 2.19. The average molecular weight is 283 g/mol. The molecule has 1 aliphatic rings. The summed E-state index contributed by atoms with van der Waals surface area (Å²) in [6.07, 6.45) is 2.21. The molecule has 5 heteroatoms. The van der Waals surface area contributed by atoms with Crippen LogP contribution in [0.2, 0.25) is 0 Å². The number of likely N-dealkylation sites (tertiary alicyclic amines) is 1. The van der Waals surface area contributed by atoms with Crippen LogP contribution in [0, 0.1) is 0 Å². The number of carbonyl (C=O) groups is 1. The molecular formula is C11H11BrN2O2. The number of H-pyrrole nitrogens is 1. The van der Waals surface area contributed by atoms with E-state index < -0.39 is 0 Å². The number of halogens is 1. The van der Waals surface area contributed by atoms with Gasteiger partial charge in [0, 0.05) is 25.2 Å². The third-order valence-electron chi connectivity index (χ3n) is 2.90. The number of rotatable bonds is 1. The minimum Gasteiger partial charge on any atom is -0.448 e. The summed E-state index contributed by atoms with van der Waals surface area (Å²) in [7, 11) is 0. The quantitative estimate of drug-likeness (QED) is 0.874. The SMILES string of the molecule is O=C(c1cc2oc(Br)cc2[nH]1)N1CCCC1. The second-order valence-corrected chi connectivity index (χ2v) is 4.79. The van der Waals surface area contributed by atoms with Crippen molar-refractivity contribution < 1.29 is 9.21 Å². The van der Waals surface area contributed by atoms with Crippen molar-refractivity contribution in [3.05, 3.63) is 22.5 Å². The van der Waals surface area contributed by atoms with Gasteiger partial charge in [-0.25, -0.2) is 0 Å². The van der Waals surface area contributed by atoms with Crippen molar-refractivity contribution in [1.82, 2.24) is 9.88 Å². The van der Waals surface area contributed by atoms with Gasteiger partial charge < -0.3 is 14.3 Å². The zero-order valence-electron chi connectivity index (χ0n) is 8.62. The maximum atomic E-state index is 12.0. The third kappa shape index (κ3) is 1.55. The first-order valence-electron chi connectivity index (χ1n) is 5.31. The van der Waals surface area contributed by atoms with Crippen LogP contribution in [0.5, 0.6) is 0 Å². The number of aromatic amines is 1. The Bertz CT molecular complexity index is 506. The third-order valence-corrected chi connectivity index (χ3v) is 3.29. The normalized spacial score (nSPS) is 16.2. The molecule has 0 aromatic carbocycles. The molecule has 0 spiro atoms. The molecule has 1 N–H and O–H groups in total. The van der Waals surface area contributed by atoms with Crippen molar-refractivity contribution in [1.29, 1.82) is 0 Å². The van der Waals surface area contributed by atoms with Gasteiger partial charge >= 0.3 is 0 Å². The molecule has 2 aromatic heterocycles. The number of aromatic nitrogens is 1. The molecule has 3 heterocycles. The Kier molecular flexibility index (Phi) is 2.28. The molecule has 0 radical (unpaired) electrons. The summed E-state index contributed by atoms with van der Waals surface area (Å²) in [6.45, 7) is 1.73. The average Bonchev–Trinajstić information content (AvgIpc) is 2.89. The van der Waals surface area contributed by atoms with Gasteiger partial charge in [-0.1, -0.05) is 0 Å². The maximum absolute atomic E-state index is 12.0. The molecule has 0 bridgehead atoms. The van der Waals surface area contributed by atoms with E-state index in [1.807, 2.05) is 11.0 Å². The highest BCUT2D eigenvalue weighted by atomic mass is 79.9. The molecule has 1 amide bonds. The predicted octanol–water partition coefficient (Wildman–Crippen LogP) is 2.76. The molecule has 0 atom stereocenters. The van der Waals surface area contributed by atoms with E-state index in [2.05, 4.69) is 20.9 Å². The van der Waals surface area contributed by atoms with Crippen LogP contribution < -0.4 is 0 Å². The van der Waals surface area contributed by atoms with Gasteiger partial charge in [0.1, 0.15) is 5.69 Å². The Morgan fingerprint density at radius 3 is 2.81 bits per heavy atom. The van der Waals surface area contributed by atoms with Gasteiger partial charge in [0.05, 0.1) is 5.52 Å². The van der Waals surface area contributed by atoms with E-state index in [0.29, 0.717) is 10.4 Å². The number of nitrogens with one attached hydrogen (secondary N) is 1. The van der Waals surface area contributed by atoms with Crippen LogP contribution in [0.3, 0.4) is 0 Å². The molecular weight excluding hydrogens is 272 g/mol. The molecule has 1 saturated heterocycles. The number of nitrogens with zero attached hydrogens (tertiary/aromatic N) is 1. The largest absolute Gasteiger partial charge is 0.448 e. The number of furan rings is 1. The zero-order chi connectivity index (χ0) is 11.1. The summed E-state index contributed by atoms with van der Waals surface area (Å²) >= 11 is 3.25. The highest BCUT2D eigenvalue weighted by molar-refractivity contribution is 9.10. The van der Waals surface area contributed by atoms with Crippen molar-refractivity contribution in [2.45, 2.75) is 12.8 Å². The molecule has 0 saturated carbocycles. The minimum absolute atomic E-state index is 0.0695. The summed E-state index contributed by atoms with van der Waals surface area (Å²) in [5.74, 6) is 0.0695. The lowest BCUT2D eigenvalue weighted by Crippen LogP contribution is -2.27. The number of amides is 1. The lowest BCUT2D eigenvalue weighted by Gasteiger charge is -2.13. The lowest BCUT2D eigenvalue weighted by molar-refractivity contribution is 0.0788. The first-order chi connectivity index (χ1) is 7.74. The predicted molar refractivity (Wildman–Crippen MR) is 63.4 cm³/mol. The monoisotopic (exact) mass is 282 g/mol. The lowest BCUT2D eigenvalue weighted by atomic mass is 10.4. The van der Waals surface area contributed by atoms with E-state index in [-0.39, 0.29) is 5.91 Å². The first-order valence-corrected chi connectivity index (χ1v) is 6.11. The van der Waals surface area contributed by atoms with Gasteiger partial charge in [0.15, 0.2) is 10.3 Å². The minimum atomic E-state index is 0.0695. The molecule has 1 fully saturated rings. The highest BCUT2D eigenvalue weighted by Crippen LogP contribution is 2.24. The molecule has 1 aliphatic heterocycles. The first kappa shape index (κ1) is 9.96. The molecule has 0 aliphatic carbocycles. The van der Waals surface area contributed by atoms with E-state index >= 15 is 0 Å². The van der Waals surface area contributed by atoms with Crippen LogP contribution in [0.15, 0.2) is 21.2 Å². The fourth-order valence-electron chi connectivity index (χ4n) is 2.10. The second-order valence-electron chi connectivity index (χ2n) is 4.01. The van der Waals surface area contributed by atoms with E-state index in [1.165, 1.54) is 0 Å². The summed E-state index contributed by atoms with van der Waals surface area (Å²) in [6, 6.07) is 3.59. The van der Waals surface area contributed by atoms with Crippen molar-refractivity contribution in [3.63, 3.8) is 0 Å². The zero-order valence-corrected chi connectivity index (χ0v) is 10.2. The van der Waals surface area contributed by atoms with Crippen LogP contribution in [-0.2, 0) is 0 Å². The van der Waals surface area contributed by atoms with Crippen LogP contribution in [0.4, 0.5) is 0 Å². The van der Waals surface area contributed by atoms with Crippen LogP contribution in [0.1, 0.15) is 23.3 Å². The molecule has 84 valence electrons. The van der Waals surface area contributed by atoms with Gasteiger partial charge in [0.2, 0.25) is 0 Å². The van der Waals surface area contributed by atoms with Gasteiger partial charge in [-0.3, -0.25) is 4.79 Å². The van der Waals surface area contributed by atoms with Gasteiger partial charge in [-0.15, -0.1) is 0 Å². The van der Waals surface area contributed by atoms with Crippen molar-refractivity contribution in [3.8, 4) is 0 Å². The second kappa shape index (κ2) is 3.66. The maximum Gasteiger partial charge on any atom is 0.270 e. The van der Waals surface area contributed by atoms with E-state index in [4.69, 9.17) is 4.42 Å². The molecule has 0 unspecified atom stereocenters. The molecule has 4 nitrogen and oxygen atoms in total.